The molecule has 0 unspecified atom stereocenters. The number of hydrogen-bond donors (Lipinski definition) is 0. The van der Waals surface area contributed by atoms with Gasteiger partial charge >= 0.3 is 0 Å². The average molecular weight is 375 g/mol. The normalized spacial score (nSPS) is 10.6. The van der Waals surface area contributed by atoms with E-state index in [1.807, 2.05) is 20.8 Å². The Morgan fingerprint density at radius 1 is 1.04 bits per heavy atom. The first-order chi connectivity index (χ1) is 12.9. The number of rotatable bonds is 8. The van der Waals surface area contributed by atoms with Gasteiger partial charge in [0.15, 0.2) is 23.1 Å². The molecule has 0 fully saturated rings. The first-order valence-corrected chi connectivity index (χ1v) is 8.86. The van der Waals surface area contributed by atoms with Crippen molar-refractivity contribution in [1.82, 2.24) is 4.90 Å². The number of ether oxygens (including phenoxy) is 3. The van der Waals surface area contributed by atoms with E-state index >= 15 is 0 Å². The van der Waals surface area contributed by atoms with Crippen molar-refractivity contribution in [3.63, 3.8) is 0 Å². The number of carbonyl (C=O) groups is 1. The second-order valence-corrected chi connectivity index (χ2v) is 6.32. The molecule has 0 saturated heterocycles. The van der Waals surface area contributed by atoms with Gasteiger partial charge in [-0.3, -0.25) is 4.79 Å². The van der Waals surface area contributed by atoms with Gasteiger partial charge in [-0.15, -0.1) is 0 Å². The van der Waals surface area contributed by atoms with Crippen molar-refractivity contribution in [3.05, 3.63) is 53.3 Å². The Morgan fingerprint density at radius 2 is 1.70 bits per heavy atom. The van der Waals surface area contributed by atoms with E-state index in [4.69, 9.17) is 14.2 Å². The van der Waals surface area contributed by atoms with E-state index in [1.165, 1.54) is 20.3 Å². The van der Waals surface area contributed by atoms with Gasteiger partial charge < -0.3 is 19.1 Å². The monoisotopic (exact) mass is 375 g/mol. The fourth-order valence-corrected chi connectivity index (χ4v) is 2.69. The van der Waals surface area contributed by atoms with Gasteiger partial charge in [-0.05, 0) is 56.7 Å². The minimum Gasteiger partial charge on any atom is -0.494 e. The van der Waals surface area contributed by atoms with Gasteiger partial charge in [0.2, 0.25) is 0 Å². The maximum Gasteiger partial charge on any atom is 0.254 e. The van der Waals surface area contributed by atoms with Gasteiger partial charge in [0.05, 0.1) is 20.3 Å². The number of halogens is 1. The summed E-state index contributed by atoms with van der Waals surface area (Å²) in [5, 5.41) is 0. The molecule has 0 saturated carbocycles. The minimum atomic E-state index is -0.449. The lowest BCUT2D eigenvalue weighted by atomic mass is 10.1. The molecular formula is C21H26FNO4. The van der Waals surface area contributed by atoms with Crippen LogP contribution < -0.4 is 14.2 Å². The summed E-state index contributed by atoms with van der Waals surface area (Å²) in [7, 11) is 2.95. The second-order valence-electron chi connectivity index (χ2n) is 6.32. The highest BCUT2D eigenvalue weighted by atomic mass is 19.1. The smallest absolute Gasteiger partial charge is 0.254 e. The highest BCUT2D eigenvalue weighted by Gasteiger charge is 2.18. The van der Waals surface area contributed by atoms with Crippen LogP contribution in [0.2, 0.25) is 0 Å². The summed E-state index contributed by atoms with van der Waals surface area (Å²) in [6.07, 6.45) is -0.00226. The van der Waals surface area contributed by atoms with Crippen LogP contribution in [0.15, 0.2) is 36.4 Å². The zero-order valence-electron chi connectivity index (χ0n) is 16.4. The molecule has 2 aromatic rings. The molecule has 2 aromatic carbocycles. The predicted molar refractivity (Wildman–Crippen MR) is 102 cm³/mol. The summed E-state index contributed by atoms with van der Waals surface area (Å²) < 4.78 is 29.9. The van der Waals surface area contributed by atoms with Crippen LogP contribution in [0.1, 0.15) is 36.7 Å². The summed E-state index contributed by atoms with van der Waals surface area (Å²) in [6, 6.07) is 9.79. The fraction of sp³-hybridized carbons (Fsp3) is 0.381. The van der Waals surface area contributed by atoms with Crippen molar-refractivity contribution in [1.29, 1.82) is 0 Å². The van der Waals surface area contributed by atoms with Crippen molar-refractivity contribution >= 4 is 5.91 Å². The minimum absolute atomic E-state index is 0.00226. The van der Waals surface area contributed by atoms with E-state index in [0.717, 1.165) is 0 Å². The van der Waals surface area contributed by atoms with Crippen molar-refractivity contribution in [2.45, 2.75) is 33.4 Å². The first kappa shape index (κ1) is 20.6. The van der Waals surface area contributed by atoms with Gasteiger partial charge in [0, 0.05) is 18.7 Å². The third-order valence-corrected chi connectivity index (χ3v) is 4.03. The van der Waals surface area contributed by atoms with E-state index < -0.39 is 5.82 Å². The SMILES string of the molecule is CCN(Cc1ccc(OC)c(F)c1)C(=O)c1ccc(OC(C)C)c(OC)c1. The third-order valence-electron chi connectivity index (χ3n) is 4.03. The molecule has 6 heteroatoms. The summed E-state index contributed by atoms with van der Waals surface area (Å²) >= 11 is 0. The Kier molecular flexibility index (Phi) is 7.05. The molecule has 27 heavy (non-hydrogen) atoms. The molecule has 5 nitrogen and oxygen atoms in total. The maximum absolute atomic E-state index is 13.9. The standard InChI is InChI=1S/C21H26FNO4/c1-6-23(13-15-7-9-18(25-4)17(22)11-15)21(24)16-8-10-19(27-14(2)3)20(12-16)26-5/h7-12,14H,6,13H2,1-5H3. The van der Waals surface area contributed by atoms with Crippen molar-refractivity contribution in [2.75, 3.05) is 20.8 Å². The first-order valence-electron chi connectivity index (χ1n) is 8.86. The third kappa shape index (κ3) is 5.12. The van der Waals surface area contributed by atoms with Gasteiger partial charge in [-0.2, -0.15) is 0 Å². The molecule has 0 heterocycles. The second kappa shape index (κ2) is 9.26. The van der Waals surface area contributed by atoms with Crippen LogP contribution in [0.4, 0.5) is 4.39 Å². The lowest BCUT2D eigenvalue weighted by molar-refractivity contribution is 0.0752. The number of benzene rings is 2. The number of carbonyl (C=O) groups excluding carboxylic acids is 1. The van der Waals surface area contributed by atoms with Crippen LogP contribution in [0.25, 0.3) is 0 Å². The molecule has 1 amide bonds. The van der Waals surface area contributed by atoms with Crippen LogP contribution in [0.3, 0.4) is 0 Å². The van der Waals surface area contributed by atoms with Crippen LogP contribution in [-0.4, -0.2) is 37.7 Å². The average Bonchev–Trinajstić information content (AvgIpc) is 2.65. The van der Waals surface area contributed by atoms with E-state index in [2.05, 4.69) is 0 Å². The number of hydrogen-bond acceptors (Lipinski definition) is 4. The number of methoxy groups -OCH3 is 2. The zero-order valence-corrected chi connectivity index (χ0v) is 16.4. The van der Waals surface area contributed by atoms with E-state index in [0.29, 0.717) is 35.7 Å². The van der Waals surface area contributed by atoms with Gasteiger partial charge in [-0.25, -0.2) is 4.39 Å². The van der Waals surface area contributed by atoms with E-state index in [-0.39, 0.29) is 17.8 Å². The lowest BCUT2D eigenvalue weighted by Crippen LogP contribution is -2.30. The molecule has 0 atom stereocenters. The molecule has 2 rings (SSSR count). The number of amides is 1. The van der Waals surface area contributed by atoms with Crippen LogP contribution in [0.5, 0.6) is 17.2 Å². The molecule has 0 radical (unpaired) electrons. The highest BCUT2D eigenvalue weighted by Crippen LogP contribution is 2.29. The largest absolute Gasteiger partial charge is 0.494 e. The fourth-order valence-electron chi connectivity index (χ4n) is 2.69. The molecule has 0 bridgehead atoms. The molecule has 0 aromatic heterocycles. The Bertz CT molecular complexity index is 792. The summed E-state index contributed by atoms with van der Waals surface area (Å²) in [6.45, 7) is 6.50. The molecular weight excluding hydrogens is 349 g/mol. The van der Waals surface area contributed by atoms with Crippen LogP contribution >= 0.6 is 0 Å². The Hall–Kier alpha value is -2.76. The van der Waals surface area contributed by atoms with Gasteiger partial charge in [0.25, 0.3) is 5.91 Å². The van der Waals surface area contributed by atoms with E-state index in [9.17, 15) is 9.18 Å². The summed E-state index contributed by atoms with van der Waals surface area (Å²) in [5.74, 6) is 0.655. The Morgan fingerprint density at radius 3 is 2.26 bits per heavy atom. The lowest BCUT2D eigenvalue weighted by Gasteiger charge is -2.22. The number of nitrogens with zero attached hydrogens (tertiary/aromatic N) is 1. The predicted octanol–water partition coefficient (Wildman–Crippen LogP) is 4.29. The molecule has 0 aliphatic heterocycles. The van der Waals surface area contributed by atoms with Gasteiger partial charge in [-0.1, -0.05) is 6.07 Å². The zero-order chi connectivity index (χ0) is 20.0. The Labute approximate surface area is 159 Å². The van der Waals surface area contributed by atoms with Gasteiger partial charge in [0.1, 0.15) is 0 Å². The Balaban J connectivity index is 2.22. The quantitative estimate of drug-likeness (QED) is 0.690. The van der Waals surface area contributed by atoms with E-state index in [1.54, 1.807) is 35.2 Å². The van der Waals surface area contributed by atoms with Crippen molar-refractivity contribution in [2.24, 2.45) is 0 Å². The van der Waals surface area contributed by atoms with Crippen LogP contribution in [0, 0.1) is 5.82 Å². The molecule has 0 spiro atoms. The molecule has 146 valence electrons. The highest BCUT2D eigenvalue weighted by molar-refractivity contribution is 5.94. The summed E-state index contributed by atoms with van der Waals surface area (Å²) in [4.78, 5) is 14.5. The topological polar surface area (TPSA) is 48.0 Å². The van der Waals surface area contributed by atoms with Crippen molar-refractivity contribution < 1.29 is 23.4 Å². The summed E-state index contributed by atoms with van der Waals surface area (Å²) in [5.41, 5.74) is 1.18. The molecule has 0 aliphatic carbocycles. The maximum atomic E-state index is 13.9. The van der Waals surface area contributed by atoms with Crippen molar-refractivity contribution in [3.8, 4) is 17.2 Å². The molecule has 0 N–H and O–H groups in total. The van der Waals surface area contributed by atoms with Crippen LogP contribution in [-0.2, 0) is 6.54 Å². The molecule has 0 aliphatic rings.